The molecule has 8 aromatic rings. The fraction of sp³-hybridized carbons (Fsp3) is 0.289. The molecule has 2 unspecified atom stereocenters. The molecule has 2 atom stereocenters. The number of hydrogen-bond acceptors (Lipinski definition) is 11. The highest BCUT2D eigenvalue weighted by Gasteiger charge is 2.41. The van der Waals surface area contributed by atoms with E-state index in [0.717, 1.165) is 11.4 Å². The SMILES string of the molecule is COc1nc2ccc(C(O)(c3ccc(C)nc3C)c3cnnn3C)cc2c(Cl)c1CC(F)(F)F.Cc1ccc(C(O)(c2ccc3nc(Cl)c(CC(F)(F)F)c(Cl)c3c2)c2cnnn2C)c(C)n1. The molecule has 0 saturated heterocycles. The molecule has 2 aromatic carbocycles. The second kappa shape index (κ2) is 18.2. The van der Waals surface area contributed by atoms with E-state index in [0.29, 0.717) is 56.1 Å². The number of methoxy groups -OCH3 is 1. The summed E-state index contributed by atoms with van der Waals surface area (Å²) in [5.74, 6) is -0.202. The summed E-state index contributed by atoms with van der Waals surface area (Å²) < 4.78 is 86.9. The summed E-state index contributed by atoms with van der Waals surface area (Å²) in [6.45, 7) is 7.18. The number of pyridine rings is 4. The van der Waals surface area contributed by atoms with Gasteiger partial charge < -0.3 is 14.9 Å². The minimum absolute atomic E-state index is 0.148. The van der Waals surface area contributed by atoms with Gasteiger partial charge in [-0.2, -0.15) is 26.3 Å². The zero-order valence-electron chi connectivity index (χ0n) is 36.5. The maximum absolute atomic E-state index is 13.2. The van der Waals surface area contributed by atoms with Gasteiger partial charge in [-0.05, 0) is 75.2 Å². The lowest BCUT2D eigenvalue weighted by molar-refractivity contribution is -0.128. The lowest BCUT2D eigenvalue weighted by atomic mass is 9.82. The first-order valence-corrected chi connectivity index (χ1v) is 21.1. The van der Waals surface area contributed by atoms with Gasteiger partial charge in [-0.15, -0.1) is 10.2 Å². The van der Waals surface area contributed by atoms with E-state index in [4.69, 9.17) is 39.5 Å². The third-order valence-electron chi connectivity index (χ3n) is 11.1. The van der Waals surface area contributed by atoms with Crippen molar-refractivity contribution in [3.05, 3.63) is 156 Å². The molecule has 0 aliphatic rings. The Hall–Kier alpha value is -5.99. The molecular weight excluding hydrogens is 949 g/mol. The van der Waals surface area contributed by atoms with Crippen LogP contribution < -0.4 is 4.74 Å². The van der Waals surface area contributed by atoms with E-state index in [1.54, 1.807) is 76.5 Å². The minimum Gasteiger partial charge on any atom is -0.481 e. The van der Waals surface area contributed by atoms with Gasteiger partial charge >= 0.3 is 12.4 Å². The van der Waals surface area contributed by atoms with Crippen LogP contribution in [0.5, 0.6) is 5.88 Å². The molecular formula is C45H39Cl3F6N10O3. The monoisotopic (exact) mass is 986 g/mol. The van der Waals surface area contributed by atoms with Crippen molar-refractivity contribution in [2.24, 2.45) is 14.1 Å². The van der Waals surface area contributed by atoms with E-state index in [-0.39, 0.29) is 43.0 Å². The van der Waals surface area contributed by atoms with E-state index >= 15 is 0 Å². The molecule has 0 saturated carbocycles. The number of alkyl halides is 6. The van der Waals surface area contributed by atoms with Crippen LogP contribution in [0.15, 0.2) is 73.1 Å². The van der Waals surface area contributed by atoms with Crippen molar-refractivity contribution in [1.82, 2.24) is 49.9 Å². The van der Waals surface area contributed by atoms with Gasteiger partial charge in [0.2, 0.25) is 5.88 Å². The van der Waals surface area contributed by atoms with Gasteiger partial charge in [-0.25, -0.2) is 19.3 Å². The maximum Gasteiger partial charge on any atom is 0.393 e. The van der Waals surface area contributed by atoms with Gasteiger partial charge in [0.05, 0.1) is 64.8 Å². The number of hydrogen-bond donors (Lipinski definition) is 2. The predicted molar refractivity (Wildman–Crippen MR) is 238 cm³/mol. The first-order chi connectivity index (χ1) is 31.4. The Labute approximate surface area is 393 Å². The van der Waals surface area contributed by atoms with Crippen LogP contribution in [0.25, 0.3) is 21.8 Å². The van der Waals surface area contributed by atoms with Crippen molar-refractivity contribution < 1.29 is 41.3 Å². The second-order valence-corrected chi connectivity index (χ2v) is 16.8. The lowest BCUT2D eigenvalue weighted by Crippen LogP contribution is -2.32. The van der Waals surface area contributed by atoms with Gasteiger partial charge in [-0.3, -0.25) is 9.97 Å². The van der Waals surface area contributed by atoms with Crippen LogP contribution in [-0.4, -0.2) is 79.6 Å². The highest BCUT2D eigenvalue weighted by Crippen LogP contribution is 2.44. The van der Waals surface area contributed by atoms with Gasteiger partial charge in [0.15, 0.2) is 11.2 Å². The first-order valence-electron chi connectivity index (χ1n) is 20.0. The smallest absolute Gasteiger partial charge is 0.393 e. The van der Waals surface area contributed by atoms with Crippen molar-refractivity contribution in [3.63, 3.8) is 0 Å². The van der Waals surface area contributed by atoms with Crippen molar-refractivity contribution in [3.8, 4) is 5.88 Å². The zero-order valence-corrected chi connectivity index (χ0v) is 38.8. The normalized spacial score (nSPS) is 13.9. The van der Waals surface area contributed by atoms with E-state index in [1.807, 2.05) is 13.8 Å². The third-order valence-corrected chi connectivity index (χ3v) is 12.3. The number of fused-ring (bicyclic) bond motifs is 2. The van der Waals surface area contributed by atoms with Gasteiger partial charge in [0.25, 0.3) is 0 Å². The highest BCUT2D eigenvalue weighted by molar-refractivity contribution is 6.39. The number of halogens is 9. The summed E-state index contributed by atoms with van der Waals surface area (Å²) >= 11 is 18.8. The predicted octanol–water partition coefficient (Wildman–Crippen LogP) is 9.50. The number of ether oxygens (including phenoxy) is 1. The number of rotatable bonds is 9. The fourth-order valence-electron chi connectivity index (χ4n) is 8.06. The van der Waals surface area contributed by atoms with Crippen molar-refractivity contribution in [1.29, 1.82) is 0 Å². The van der Waals surface area contributed by atoms with Gasteiger partial charge in [0.1, 0.15) is 5.15 Å². The Morgan fingerprint density at radius 1 is 0.582 bits per heavy atom. The van der Waals surface area contributed by atoms with Crippen LogP contribution in [0.4, 0.5) is 26.3 Å². The highest BCUT2D eigenvalue weighted by atomic mass is 35.5. The molecule has 2 N–H and O–H groups in total. The standard InChI is InChI=1S/C23H21ClF3N5O2.C22H18Cl2F3N5O/c1-12-5-7-17(13(2)29-12)23(33,19-11-28-31-32(19)3)14-6-8-18-15(9-14)20(24)16(10-22(25,26)27)21(30-18)34-4;1-11-4-6-16(12(2)29-11)22(33,18-10-28-31-32(18)3)13-5-7-17-14(8-13)19(23)15(20(24)30-17)9-21(25,26)27/h5-9,11,33H,10H2,1-4H3;4-8,10,33H,9H2,1-3H3. The fourth-order valence-corrected chi connectivity index (χ4v) is 8.96. The summed E-state index contributed by atoms with van der Waals surface area (Å²) in [5.41, 5.74) is 1.41. The van der Waals surface area contributed by atoms with Crippen LogP contribution in [-0.2, 0) is 38.1 Å². The van der Waals surface area contributed by atoms with E-state index in [1.165, 1.54) is 41.0 Å². The average Bonchev–Trinajstić information content (AvgIpc) is 3.90. The molecule has 0 fully saturated rings. The number of benzene rings is 2. The van der Waals surface area contributed by atoms with Crippen molar-refractivity contribution >= 4 is 56.6 Å². The molecule has 0 aliphatic heterocycles. The molecule has 0 bridgehead atoms. The van der Waals surface area contributed by atoms with Gasteiger partial charge in [0, 0.05) is 69.9 Å². The number of aromatic nitrogens is 10. The molecule has 0 radical (unpaired) electrons. The Morgan fingerprint density at radius 2 is 1.00 bits per heavy atom. The first kappa shape index (κ1) is 48.9. The molecule has 6 aromatic heterocycles. The molecule has 8 rings (SSSR count). The lowest BCUT2D eigenvalue weighted by Gasteiger charge is -2.30. The summed E-state index contributed by atoms with van der Waals surface area (Å²) in [5, 5.41) is 39.8. The molecule has 350 valence electrons. The van der Waals surface area contributed by atoms with Crippen molar-refractivity contribution in [2.45, 2.75) is 64.1 Å². The molecule has 0 spiro atoms. The van der Waals surface area contributed by atoms with E-state index in [2.05, 4.69) is 40.6 Å². The molecule has 6 heterocycles. The number of nitrogens with zero attached hydrogens (tertiary/aromatic N) is 10. The van der Waals surface area contributed by atoms with Crippen LogP contribution in [0.1, 0.15) is 67.5 Å². The van der Waals surface area contributed by atoms with Crippen molar-refractivity contribution in [2.75, 3.05) is 7.11 Å². The molecule has 0 amide bonds. The van der Waals surface area contributed by atoms with Crippen LogP contribution in [0.3, 0.4) is 0 Å². The maximum atomic E-state index is 13.2. The summed E-state index contributed by atoms with van der Waals surface area (Å²) in [6.07, 6.45) is -8.83. The van der Waals surface area contributed by atoms with Crippen LogP contribution in [0, 0.1) is 27.7 Å². The van der Waals surface area contributed by atoms with E-state index < -0.39 is 36.4 Å². The molecule has 13 nitrogen and oxygen atoms in total. The third kappa shape index (κ3) is 9.47. The Kier molecular flexibility index (Phi) is 13.3. The second-order valence-electron chi connectivity index (χ2n) is 15.7. The zero-order chi connectivity index (χ0) is 49.0. The summed E-state index contributed by atoms with van der Waals surface area (Å²) in [6, 6.07) is 16.4. The quantitative estimate of drug-likeness (QED) is 0.105. The largest absolute Gasteiger partial charge is 0.481 e. The Balaban J connectivity index is 0.000000199. The number of aryl methyl sites for hydroxylation is 6. The summed E-state index contributed by atoms with van der Waals surface area (Å²) in [7, 11) is 4.49. The minimum atomic E-state index is -4.52. The molecule has 67 heavy (non-hydrogen) atoms. The average molecular weight is 988 g/mol. The van der Waals surface area contributed by atoms with Crippen LogP contribution in [0.2, 0.25) is 15.2 Å². The van der Waals surface area contributed by atoms with Gasteiger partial charge in [-0.1, -0.05) is 69.5 Å². The van der Waals surface area contributed by atoms with Crippen LogP contribution >= 0.6 is 34.8 Å². The van der Waals surface area contributed by atoms with E-state index in [9.17, 15) is 36.6 Å². The topological polar surface area (TPSA) is 163 Å². The summed E-state index contributed by atoms with van der Waals surface area (Å²) in [4.78, 5) is 17.2. The Morgan fingerprint density at radius 3 is 1.39 bits per heavy atom. The Bertz CT molecular complexity index is 3180. The molecule has 22 heteroatoms. The number of aliphatic hydroxyl groups is 2. The molecule has 0 aliphatic carbocycles.